The number of morpholine rings is 1. The van der Waals surface area contributed by atoms with Crippen LogP contribution in [0, 0.1) is 0 Å². The summed E-state index contributed by atoms with van der Waals surface area (Å²) in [7, 11) is 1.91. The molecule has 1 aromatic carbocycles. The number of carbonyl (C=O) groups is 1. The fourth-order valence-corrected chi connectivity index (χ4v) is 4.04. The van der Waals surface area contributed by atoms with Crippen molar-refractivity contribution in [2.75, 3.05) is 19.7 Å². The topological polar surface area (TPSA) is 59.4 Å². The highest BCUT2D eigenvalue weighted by molar-refractivity contribution is 5.76. The van der Waals surface area contributed by atoms with Crippen LogP contribution in [-0.2, 0) is 23.0 Å². The highest BCUT2D eigenvalue weighted by Crippen LogP contribution is 2.30. The lowest BCUT2D eigenvalue weighted by Gasteiger charge is -2.35. The molecule has 2 fully saturated rings. The smallest absolute Gasteiger partial charge is 0.220 e. The maximum atomic E-state index is 12.3. The number of nitrogens with zero attached hydrogens (tertiary/aromatic N) is 3. The average molecular weight is 354 g/mol. The van der Waals surface area contributed by atoms with E-state index in [1.807, 2.05) is 23.9 Å². The first-order valence-electron chi connectivity index (χ1n) is 9.36. The minimum atomic E-state index is 0.122. The highest BCUT2D eigenvalue weighted by Gasteiger charge is 2.38. The second-order valence-electron chi connectivity index (χ2n) is 7.29. The summed E-state index contributed by atoms with van der Waals surface area (Å²) in [6.07, 6.45) is 4.10. The Labute approximate surface area is 154 Å². The van der Waals surface area contributed by atoms with E-state index in [0.29, 0.717) is 12.5 Å². The number of nitrogens with one attached hydrogen (secondary N) is 1. The minimum absolute atomic E-state index is 0.122. The maximum Gasteiger partial charge on any atom is 0.220 e. The van der Waals surface area contributed by atoms with Crippen LogP contribution in [0.15, 0.2) is 42.6 Å². The summed E-state index contributed by atoms with van der Waals surface area (Å²) in [6.45, 7) is 2.55. The molecule has 0 aliphatic carbocycles. The van der Waals surface area contributed by atoms with Crippen LogP contribution < -0.4 is 5.32 Å². The second kappa shape index (κ2) is 7.60. The summed E-state index contributed by atoms with van der Waals surface area (Å²) in [6, 6.07) is 13.0. The molecule has 1 N–H and O–H groups in total. The summed E-state index contributed by atoms with van der Waals surface area (Å²) in [5, 5.41) is 7.35. The van der Waals surface area contributed by atoms with Crippen LogP contribution in [0.25, 0.3) is 0 Å². The van der Waals surface area contributed by atoms with Gasteiger partial charge >= 0.3 is 0 Å². The molecule has 138 valence electrons. The number of aryl methyl sites for hydroxylation is 2. The van der Waals surface area contributed by atoms with Gasteiger partial charge in [-0.15, -0.1) is 0 Å². The van der Waals surface area contributed by atoms with E-state index < -0.39 is 0 Å². The molecule has 3 heterocycles. The van der Waals surface area contributed by atoms with Gasteiger partial charge in [0.15, 0.2) is 0 Å². The Morgan fingerprint density at radius 2 is 2.12 bits per heavy atom. The molecule has 3 atom stereocenters. The summed E-state index contributed by atoms with van der Waals surface area (Å²) >= 11 is 0. The molecule has 26 heavy (non-hydrogen) atoms. The largest absolute Gasteiger partial charge is 0.371 e. The zero-order chi connectivity index (χ0) is 17.9. The molecule has 2 aromatic rings. The third-order valence-electron chi connectivity index (χ3n) is 5.49. The van der Waals surface area contributed by atoms with Crippen LogP contribution in [0.5, 0.6) is 0 Å². The van der Waals surface area contributed by atoms with Crippen LogP contribution >= 0.6 is 0 Å². The lowest BCUT2D eigenvalue weighted by atomic mass is 10.1. The molecule has 0 bridgehead atoms. The Hall–Kier alpha value is -2.18. The highest BCUT2D eigenvalue weighted by atomic mass is 16.5. The zero-order valence-corrected chi connectivity index (χ0v) is 15.2. The lowest BCUT2D eigenvalue weighted by Crippen LogP contribution is -2.43. The third-order valence-corrected chi connectivity index (χ3v) is 5.49. The van der Waals surface area contributed by atoms with Gasteiger partial charge in [-0.2, -0.15) is 5.10 Å². The number of hydrogen-bond donors (Lipinski definition) is 1. The zero-order valence-electron chi connectivity index (χ0n) is 15.2. The molecule has 0 saturated carbocycles. The van der Waals surface area contributed by atoms with Crippen molar-refractivity contribution in [2.45, 2.75) is 37.5 Å². The molecule has 0 radical (unpaired) electrons. The Bertz CT molecular complexity index is 745. The van der Waals surface area contributed by atoms with Crippen molar-refractivity contribution in [3.05, 3.63) is 53.9 Å². The number of amides is 1. The van der Waals surface area contributed by atoms with E-state index in [-0.39, 0.29) is 18.1 Å². The molecule has 1 aromatic heterocycles. The Kier molecular flexibility index (Phi) is 5.04. The minimum Gasteiger partial charge on any atom is -0.371 e. The van der Waals surface area contributed by atoms with Gasteiger partial charge in [-0.1, -0.05) is 30.3 Å². The van der Waals surface area contributed by atoms with Crippen molar-refractivity contribution in [3.63, 3.8) is 0 Å². The normalized spacial score (nSPS) is 25.8. The predicted molar refractivity (Wildman–Crippen MR) is 98.6 cm³/mol. The molecule has 0 spiro atoms. The monoisotopic (exact) mass is 354 g/mol. The van der Waals surface area contributed by atoms with Crippen molar-refractivity contribution >= 4 is 5.91 Å². The molecule has 2 aliphatic rings. The molecule has 0 unspecified atom stereocenters. The fraction of sp³-hybridized carbons (Fsp3) is 0.500. The van der Waals surface area contributed by atoms with E-state index in [1.54, 1.807) is 6.20 Å². The van der Waals surface area contributed by atoms with Crippen LogP contribution in [0.3, 0.4) is 0 Å². The van der Waals surface area contributed by atoms with Gasteiger partial charge in [0.25, 0.3) is 0 Å². The van der Waals surface area contributed by atoms with E-state index in [1.165, 1.54) is 5.56 Å². The van der Waals surface area contributed by atoms with E-state index in [9.17, 15) is 4.79 Å². The van der Waals surface area contributed by atoms with E-state index in [0.717, 1.165) is 38.2 Å². The number of hydrogen-bond acceptors (Lipinski definition) is 4. The predicted octanol–water partition coefficient (Wildman–Crippen LogP) is 1.68. The van der Waals surface area contributed by atoms with Crippen molar-refractivity contribution in [1.82, 2.24) is 20.0 Å². The SMILES string of the molecule is Cn1nccc1CCC(=O)N[C@H]1C[C@H]2CO[C@@H](c3ccccc3)CN2C1. The van der Waals surface area contributed by atoms with Gasteiger partial charge in [-0.3, -0.25) is 14.4 Å². The van der Waals surface area contributed by atoms with Gasteiger partial charge < -0.3 is 10.1 Å². The van der Waals surface area contributed by atoms with E-state index in [2.05, 4.69) is 39.6 Å². The van der Waals surface area contributed by atoms with Crippen LogP contribution in [0.2, 0.25) is 0 Å². The molecule has 6 nitrogen and oxygen atoms in total. The number of fused-ring (bicyclic) bond motifs is 1. The van der Waals surface area contributed by atoms with Crippen LogP contribution in [0.4, 0.5) is 0 Å². The number of benzene rings is 1. The first kappa shape index (κ1) is 17.2. The molecule has 6 heteroatoms. The summed E-state index contributed by atoms with van der Waals surface area (Å²) in [5.41, 5.74) is 2.32. The molecular weight excluding hydrogens is 328 g/mol. The molecule has 4 rings (SSSR count). The average Bonchev–Trinajstić information content (AvgIpc) is 3.25. The first-order valence-corrected chi connectivity index (χ1v) is 9.36. The molecular formula is C20H26N4O2. The van der Waals surface area contributed by atoms with Crippen LogP contribution in [0.1, 0.15) is 30.2 Å². The Balaban J connectivity index is 1.27. The van der Waals surface area contributed by atoms with E-state index in [4.69, 9.17) is 4.74 Å². The first-order chi connectivity index (χ1) is 12.7. The van der Waals surface area contributed by atoms with Crippen LogP contribution in [-0.4, -0.2) is 52.4 Å². The third kappa shape index (κ3) is 3.81. The van der Waals surface area contributed by atoms with Gasteiger partial charge in [0.2, 0.25) is 5.91 Å². The Morgan fingerprint density at radius 3 is 2.88 bits per heavy atom. The summed E-state index contributed by atoms with van der Waals surface area (Å²) in [5.74, 6) is 0.122. The summed E-state index contributed by atoms with van der Waals surface area (Å²) in [4.78, 5) is 14.8. The van der Waals surface area contributed by atoms with E-state index >= 15 is 0 Å². The summed E-state index contributed by atoms with van der Waals surface area (Å²) < 4.78 is 7.90. The fourth-order valence-electron chi connectivity index (χ4n) is 4.04. The molecule has 2 aliphatic heterocycles. The van der Waals surface area contributed by atoms with Gasteiger partial charge in [0.05, 0.1) is 12.7 Å². The standard InChI is InChI=1S/C20H26N4O2/c1-23-17(9-10-21-23)7-8-20(25)22-16-11-18-14-26-19(13-24(18)12-16)15-5-3-2-4-6-15/h2-6,9-10,16,18-19H,7-8,11-14H2,1H3,(H,22,25)/t16-,18-,19+/m0/s1. The van der Waals surface area contributed by atoms with Crippen molar-refractivity contribution in [3.8, 4) is 0 Å². The quantitative estimate of drug-likeness (QED) is 0.888. The number of rotatable bonds is 5. The molecule has 2 saturated heterocycles. The number of aromatic nitrogens is 2. The van der Waals surface area contributed by atoms with Gasteiger partial charge in [0, 0.05) is 50.5 Å². The molecule has 1 amide bonds. The number of ether oxygens (including phenoxy) is 1. The van der Waals surface area contributed by atoms with Gasteiger partial charge in [-0.25, -0.2) is 0 Å². The van der Waals surface area contributed by atoms with Crippen molar-refractivity contribution in [2.24, 2.45) is 7.05 Å². The van der Waals surface area contributed by atoms with Crippen molar-refractivity contribution < 1.29 is 9.53 Å². The lowest BCUT2D eigenvalue weighted by molar-refractivity contribution is -0.121. The van der Waals surface area contributed by atoms with Crippen molar-refractivity contribution in [1.29, 1.82) is 0 Å². The Morgan fingerprint density at radius 1 is 1.27 bits per heavy atom. The van der Waals surface area contributed by atoms with Gasteiger partial charge in [0.1, 0.15) is 0 Å². The second-order valence-corrected chi connectivity index (χ2v) is 7.29. The number of carbonyl (C=O) groups excluding carboxylic acids is 1. The van der Waals surface area contributed by atoms with Gasteiger partial charge in [-0.05, 0) is 24.5 Å². The maximum absolute atomic E-state index is 12.3.